The molecule has 4 atom stereocenters. The van der Waals surface area contributed by atoms with E-state index in [9.17, 15) is 9.90 Å². The minimum absolute atomic E-state index is 0.0246. The molecule has 0 heterocycles. The van der Waals surface area contributed by atoms with Crippen molar-refractivity contribution < 1.29 is 33.6 Å². The summed E-state index contributed by atoms with van der Waals surface area (Å²) in [6.45, 7) is 9.79. The molecule has 0 saturated carbocycles. The number of carbonyl (C=O) groups excluding carboxylic acids is 1. The number of hydrogen-bond acceptors (Lipinski definition) is 8. The molecule has 2 aromatic rings. The first-order chi connectivity index (χ1) is 20.6. The van der Waals surface area contributed by atoms with Gasteiger partial charge in [0, 0.05) is 44.2 Å². The Morgan fingerprint density at radius 3 is 2.21 bits per heavy atom. The molecule has 2 aromatic carbocycles. The van der Waals surface area contributed by atoms with Crippen molar-refractivity contribution in [2.45, 2.75) is 72.1 Å². The van der Waals surface area contributed by atoms with Crippen molar-refractivity contribution in [3.05, 3.63) is 47.5 Å². The molecule has 0 aliphatic rings. The SMILES string of the molecule is COCCCOc1cc(C[C@@H](C[C@H](N)[C@@H](O)C[C@H](C(=O)NCc2cccc(OC)c2OC)C(C)C)C(C)C)ccc1OC. The Morgan fingerprint density at radius 2 is 1.60 bits per heavy atom. The van der Waals surface area contributed by atoms with Gasteiger partial charge in [0.2, 0.25) is 5.91 Å². The Balaban J connectivity index is 2.04. The van der Waals surface area contributed by atoms with Crippen LogP contribution < -0.4 is 30.0 Å². The van der Waals surface area contributed by atoms with Crippen molar-refractivity contribution in [3.63, 3.8) is 0 Å². The van der Waals surface area contributed by atoms with Gasteiger partial charge in [0.15, 0.2) is 23.0 Å². The number of amides is 1. The van der Waals surface area contributed by atoms with Crippen LogP contribution in [0.3, 0.4) is 0 Å². The maximum absolute atomic E-state index is 13.3. The zero-order valence-corrected chi connectivity index (χ0v) is 27.4. The number of nitrogens with two attached hydrogens (primary N) is 1. The average molecular weight is 603 g/mol. The van der Waals surface area contributed by atoms with Crippen molar-refractivity contribution in [3.8, 4) is 23.0 Å². The summed E-state index contributed by atoms with van der Waals surface area (Å²) in [5.74, 6) is 2.68. The lowest BCUT2D eigenvalue weighted by molar-refractivity contribution is -0.127. The first kappa shape index (κ1) is 36.2. The van der Waals surface area contributed by atoms with Crippen molar-refractivity contribution in [2.75, 3.05) is 41.7 Å². The fourth-order valence-corrected chi connectivity index (χ4v) is 5.27. The van der Waals surface area contributed by atoms with E-state index in [0.29, 0.717) is 55.1 Å². The maximum Gasteiger partial charge on any atom is 0.223 e. The minimum Gasteiger partial charge on any atom is -0.493 e. The summed E-state index contributed by atoms with van der Waals surface area (Å²) in [5.41, 5.74) is 8.53. The molecule has 9 heteroatoms. The first-order valence-corrected chi connectivity index (χ1v) is 15.3. The molecule has 4 N–H and O–H groups in total. The van der Waals surface area contributed by atoms with Crippen LogP contribution in [0.4, 0.5) is 0 Å². The number of nitrogens with one attached hydrogen (secondary N) is 1. The largest absolute Gasteiger partial charge is 0.493 e. The molecule has 0 unspecified atom stereocenters. The maximum atomic E-state index is 13.3. The summed E-state index contributed by atoms with van der Waals surface area (Å²) in [6, 6.07) is 11.1. The van der Waals surface area contributed by atoms with Crippen molar-refractivity contribution in [2.24, 2.45) is 29.4 Å². The topological polar surface area (TPSA) is 122 Å². The lowest BCUT2D eigenvalue weighted by atomic mass is 9.81. The minimum atomic E-state index is -0.818. The van der Waals surface area contributed by atoms with Crippen LogP contribution in [-0.2, 0) is 22.5 Å². The van der Waals surface area contributed by atoms with Gasteiger partial charge in [-0.2, -0.15) is 0 Å². The first-order valence-electron chi connectivity index (χ1n) is 15.3. The summed E-state index contributed by atoms with van der Waals surface area (Å²) in [5, 5.41) is 14.2. The highest BCUT2D eigenvalue weighted by atomic mass is 16.5. The van der Waals surface area contributed by atoms with Crippen LogP contribution in [0.1, 0.15) is 58.1 Å². The second kappa shape index (κ2) is 18.6. The number of rotatable bonds is 20. The molecule has 1 amide bonds. The highest BCUT2D eigenvalue weighted by molar-refractivity contribution is 5.79. The lowest BCUT2D eigenvalue weighted by Gasteiger charge is -2.30. The Labute approximate surface area is 258 Å². The van der Waals surface area contributed by atoms with Crippen molar-refractivity contribution >= 4 is 5.91 Å². The number of ether oxygens (including phenoxy) is 5. The normalized spacial score (nSPS) is 14.2. The lowest BCUT2D eigenvalue weighted by Crippen LogP contribution is -2.42. The van der Waals surface area contributed by atoms with E-state index < -0.39 is 18.1 Å². The third-order valence-electron chi connectivity index (χ3n) is 8.06. The Kier molecular flexibility index (Phi) is 15.7. The second-order valence-electron chi connectivity index (χ2n) is 11.8. The summed E-state index contributed by atoms with van der Waals surface area (Å²) in [6.07, 6.45) is 1.67. The van der Waals surface area contributed by atoms with E-state index in [1.807, 2.05) is 44.2 Å². The molecule has 0 fully saturated rings. The van der Waals surface area contributed by atoms with E-state index in [1.54, 1.807) is 28.4 Å². The molecule has 0 aliphatic carbocycles. The predicted molar refractivity (Wildman–Crippen MR) is 170 cm³/mol. The summed E-state index contributed by atoms with van der Waals surface area (Å²) in [7, 11) is 6.47. The fourth-order valence-electron chi connectivity index (χ4n) is 5.27. The van der Waals surface area contributed by atoms with Gasteiger partial charge in [-0.05, 0) is 60.8 Å². The molecular formula is C34H54N2O7. The van der Waals surface area contributed by atoms with Gasteiger partial charge >= 0.3 is 0 Å². The highest BCUT2D eigenvalue weighted by Gasteiger charge is 2.30. The average Bonchev–Trinajstić information content (AvgIpc) is 2.99. The predicted octanol–water partition coefficient (Wildman–Crippen LogP) is 5.00. The molecular weight excluding hydrogens is 548 g/mol. The zero-order valence-electron chi connectivity index (χ0n) is 27.4. The molecule has 0 aliphatic heterocycles. The molecule has 9 nitrogen and oxygen atoms in total. The Morgan fingerprint density at radius 1 is 0.884 bits per heavy atom. The highest BCUT2D eigenvalue weighted by Crippen LogP contribution is 2.33. The van der Waals surface area contributed by atoms with Crippen LogP contribution in [0.15, 0.2) is 36.4 Å². The number of aliphatic hydroxyl groups excluding tert-OH is 1. The van der Waals surface area contributed by atoms with Gasteiger partial charge in [-0.3, -0.25) is 4.79 Å². The van der Waals surface area contributed by atoms with Gasteiger partial charge in [-0.1, -0.05) is 45.9 Å². The van der Waals surface area contributed by atoms with Crippen molar-refractivity contribution in [1.29, 1.82) is 0 Å². The number of hydrogen-bond donors (Lipinski definition) is 3. The monoisotopic (exact) mass is 602 g/mol. The van der Waals surface area contributed by atoms with E-state index >= 15 is 0 Å². The van der Waals surface area contributed by atoms with E-state index in [0.717, 1.165) is 24.0 Å². The summed E-state index contributed by atoms with van der Waals surface area (Å²) >= 11 is 0. The molecule has 0 radical (unpaired) electrons. The molecule has 2 rings (SSSR count). The fraction of sp³-hybridized carbons (Fsp3) is 0.618. The van der Waals surface area contributed by atoms with Crippen LogP contribution in [0.25, 0.3) is 0 Å². The van der Waals surface area contributed by atoms with Gasteiger partial charge in [-0.15, -0.1) is 0 Å². The second-order valence-corrected chi connectivity index (χ2v) is 11.8. The van der Waals surface area contributed by atoms with Crippen LogP contribution in [-0.4, -0.2) is 64.8 Å². The van der Waals surface area contributed by atoms with E-state index in [2.05, 4.69) is 25.2 Å². The number of carbonyl (C=O) groups is 1. The smallest absolute Gasteiger partial charge is 0.223 e. The third kappa shape index (κ3) is 11.2. The van der Waals surface area contributed by atoms with Crippen LogP contribution >= 0.6 is 0 Å². The van der Waals surface area contributed by atoms with Gasteiger partial charge < -0.3 is 39.8 Å². The molecule has 0 spiro atoms. The molecule has 0 bridgehead atoms. The van der Waals surface area contributed by atoms with Crippen molar-refractivity contribution in [1.82, 2.24) is 5.32 Å². The van der Waals surface area contributed by atoms with E-state index in [1.165, 1.54) is 0 Å². The molecule has 0 saturated heterocycles. The number of methoxy groups -OCH3 is 4. The van der Waals surface area contributed by atoms with Gasteiger partial charge in [0.1, 0.15) is 0 Å². The molecule has 43 heavy (non-hydrogen) atoms. The number of aliphatic hydroxyl groups is 1. The number of para-hydroxylation sites is 1. The third-order valence-corrected chi connectivity index (χ3v) is 8.06. The Hall–Kier alpha value is -3.01. The standard InChI is InChI=1S/C34H54N2O7/c1-22(2)26(17-24-13-14-30(40-6)32(18-24)43-16-10-15-39-5)19-28(35)29(37)20-27(23(3)4)34(38)36-21-25-11-9-12-31(41-7)33(25)42-8/h9,11-14,18,22-23,26-29,37H,10,15-17,19-21,35H2,1-8H3,(H,36,38)/t26-,27-,28-,29-/m0/s1. The van der Waals surface area contributed by atoms with Gasteiger partial charge in [0.25, 0.3) is 0 Å². The van der Waals surface area contributed by atoms with Gasteiger partial charge in [0.05, 0.1) is 34.0 Å². The van der Waals surface area contributed by atoms with Crippen LogP contribution in [0.2, 0.25) is 0 Å². The van der Waals surface area contributed by atoms with Gasteiger partial charge in [-0.25, -0.2) is 0 Å². The molecule has 242 valence electrons. The van der Waals surface area contributed by atoms with Crippen LogP contribution in [0, 0.1) is 23.7 Å². The zero-order chi connectivity index (χ0) is 31.9. The summed E-state index contributed by atoms with van der Waals surface area (Å²) in [4.78, 5) is 13.3. The molecule has 0 aromatic heterocycles. The van der Waals surface area contributed by atoms with E-state index in [-0.39, 0.29) is 24.2 Å². The van der Waals surface area contributed by atoms with E-state index in [4.69, 9.17) is 29.4 Å². The summed E-state index contributed by atoms with van der Waals surface area (Å²) < 4.78 is 27.5. The Bertz CT molecular complexity index is 1110. The quantitative estimate of drug-likeness (QED) is 0.181. The number of benzene rings is 2. The van der Waals surface area contributed by atoms with Crippen LogP contribution in [0.5, 0.6) is 23.0 Å².